The molecule has 4 nitrogen and oxygen atoms in total. The third-order valence-electron chi connectivity index (χ3n) is 4.97. The fraction of sp³-hybridized carbons (Fsp3) is 0.182. The molecule has 0 heterocycles. The van der Waals surface area contributed by atoms with Gasteiger partial charge in [-0.3, -0.25) is 4.79 Å². The van der Waals surface area contributed by atoms with E-state index in [1.807, 2.05) is 66.7 Å². The van der Waals surface area contributed by atoms with Crippen LogP contribution in [0.4, 0.5) is 0 Å². The zero-order valence-electron chi connectivity index (χ0n) is 14.8. The normalized spacial score (nSPS) is 13.2. The first-order valence-electron chi connectivity index (χ1n) is 8.47. The second-order valence-electron chi connectivity index (χ2n) is 6.52. The van der Waals surface area contributed by atoms with Crippen LogP contribution in [0.2, 0.25) is 0 Å². The van der Waals surface area contributed by atoms with Crippen molar-refractivity contribution < 1.29 is 14.7 Å². The lowest BCUT2D eigenvalue weighted by Crippen LogP contribution is -2.51. The van der Waals surface area contributed by atoms with E-state index in [0.717, 1.165) is 16.3 Å². The molecule has 3 aromatic rings. The number of benzene rings is 3. The lowest BCUT2D eigenvalue weighted by Gasteiger charge is -2.36. The number of amides is 1. The molecule has 3 rings (SSSR count). The second kappa shape index (κ2) is 7.00. The van der Waals surface area contributed by atoms with Gasteiger partial charge in [0.25, 0.3) is 0 Å². The molecule has 0 unspecified atom stereocenters. The van der Waals surface area contributed by atoms with Crippen LogP contribution >= 0.6 is 0 Å². The summed E-state index contributed by atoms with van der Waals surface area (Å²) in [7, 11) is 1.56. The maximum absolute atomic E-state index is 12.8. The van der Waals surface area contributed by atoms with Gasteiger partial charge in [0.1, 0.15) is 0 Å². The van der Waals surface area contributed by atoms with Crippen molar-refractivity contribution in [2.75, 3.05) is 7.05 Å². The van der Waals surface area contributed by atoms with E-state index in [1.165, 1.54) is 4.90 Å². The number of hydrogen-bond donors (Lipinski definition) is 1. The summed E-state index contributed by atoms with van der Waals surface area (Å²) in [5.41, 5.74) is -0.00534. The number of fused-ring (bicyclic) bond motifs is 1. The van der Waals surface area contributed by atoms with E-state index in [9.17, 15) is 14.7 Å². The summed E-state index contributed by atoms with van der Waals surface area (Å²) >= 11 is 0. The summed E-state index contributed by atoms with van der Waals surface area (Å²) < 4.78 is 0. The zero-order valence-corrected chi connectivity index (χ0v) is 14.8. The van der Waals surface area contributed by atoms with Crippen molar-refractivity contribution >= 4 is 22.6 Å². The molecule has 1 N–H and O–H groups in total. The highest BCUT2D eigenvalue weighted by Gasteiger charge is 2.42. The topological polar surface area (TPSA) is 57.6 Å². The minimum Gasteiger partial charge on any atom is -0.479 e. The third-order valence-corrected chi connectivity index (χ3v) is 4.97. The molecule has 0 aromatic heterocycles. The molecule has 0 saturated carbocycles. The van der Waals surface area contributed by atoms with Gasteiger partial charge in [-0.1, -0.05) is 72.8 Å². The van der Waals surface area contributed by atoms with Crippen LogP contribution < -0.4 is 0 Å². The molecule has 0 spiro atoms. The molecule has 0 radical (unpaired) electrons. The van der Waals surface area contributed by atoms with Gasteiger partial charge >= 0.3 is 5.97 Å². The van der Waals surface area contributed by atoms with E-state index < -0.39 is 11.5 Å². The number of rotatable bonds is 5. The predicted octanol–water partition coefficient (Wildman–Crippen LogP) is 3.84. The molecule has 0 aliphatic rings. The number of hydrogen-bond acceptors (Lipinski definition) is 2. The number of carboxylic acid groups (broad SMARTS) is 1. The Morgan fingerprint density at radius 3 is 2.23 bits per heavy atom. The van der Waals surface area contributed by atoms with Gasteiger partial charge in [-0.15, -0.1) is 0 Å². The van der Waals surface area contributed by atoms with Crippen LogP contribution in [0.5, 0.6) is 0 Å². The van der Waals surface area contributed by atoms with Crippen LogP contribution in [0.25, 0.3) is 10.8 Å². The summed E-state index contributed by atoms with van der Waals surface area (Å²) in [4.78, 5) is 26.4. The van der Waals surface area contributed by atoms with Gasteiger partial charge in [0.15, 0.2) is 5.54 Å². The molecule has 1 amide bonds. The van der Waals surface area contributed by atoms with E-state index in [1.54, 1.807) is 20.0 Å². The number of carbonyl (C=O) groups is 2. The minimum absolute atomic E-state index is 0.158. The Bertz CT molecular complexity index is 947. The fourth-order valence-corrected chi connectivity index (χ4v) is 3.23. The van der Waals surface area contributed by atoms with E-state index in [-0.39, 0.29) is 12.3 Å². The number of aliphatic carboxylic acids is 1. The molecule has 132 valence electrons. The lowest BCUT2D eigenvalue weighted by atomic mass is 9.86. The van der Waals surface area contributed by atoms with Crippen LogP contribution in [0.1, 0.15) is 18.1 Å². The quantitative estimate of drug-likeness (QED) is 0.763. The SMILES string of the molecule is CN(C(=O)Cc1ccccc1)[C@@](C)(C(=O)O)c1cccc2ccccc12. The van der Waals surface area contributed by atoms with E-state index in [4.69, 9.17) is 0 Å². The summed E-state index contributed by atoms with van der Waals surface area (Å²) in [6.07, 6.45) is 0.158. The highest BCUT2D eigenvalue weighted by Crippen LogP contribution is 2.33. The average Bonchev–Trinajstić information content (AvgIpc) is 2.67. The molecule has 0 saturated heterocycles. The van der Waals surface area contributed by atoms with E-state index in [2.05, 4.69) is 0 Å². The monoisotopic (exact) mass is 347 g/mol. The van der Waals surface area contributed by atoms with Crippen molar-refractivity contribution in [3.05, 3.63) is 83.9 Å². The number of carbonyl (C=O) groups excluding carboxylic acids is 1. The minimum atomic E-state index is -1.47. The number of carboxylic acids is 1. The fourth-order valence-electron chi connectivity index (χ4n) is 3.23. The molecule has 0 bridgehead atoms. The molecule has 1 atom stereocenters. The summed E-state index contributed by atoms with van der Waals surface area (Å²) in [5.74, 6) is -1.30. The van der Waals surface area contributed by atoms with Crippen molar-refractivity contribution in [3.8, 4) is 0 Å². The van der Waals surface area contributed by atoms with Crippen LogP contribution in [-0.2, 0) is 21.5 Å². The van der Waals surface area contributed by atoms with Gasteiger partial charge in [0.05, 0.1) is 6.42 Å². The third kappa shape index (κ3) is 3.06. The van der Waals surface area contributed by atoms with Crippen molar-refractivity contribution in [2.24, 2.45) is 0 Å². The summed E-state index contributed by atoms with van der Waals surface area (Å²) in [5, 5.41) is 11.8. The lowest BCUT2D eigenvalue weighted by molar-refractivity contribution is -0.157. The van der Waals surface area contributed by atoms with Crippen LogP contribution in [-0.4, -0.2) is 28.9 Å². The molecular formula is C22H21NO3. The Morgan fingerprint density at radius 2 is 1.54 bits per heavy atom. The zero-order chi connectivity index (χ0) is 18.7. The van der Waals surface area contributed by atoms with Crippen molar-refractivity contribution in [3.63, 3.8) is 0 Å². The van der Waals surface area contributed by atoms with Crippen LogP contribution in [0, 0.1) is 0 Å². The largest absolute Gasteiger partial charge is 0.479 e. The molecule has 0 fully saturated rings. The Kier molecular flexibility index (Phi) is 4.76. The second-order valence-corrected chi connectivity index (χ2v) is 6.52. The summed E-state index contributed by atoms with van der Waals surface area (Å²) in [6.45, 7) is 1.58. The van der Waals surface area contributed by atoms with Crippen LogP contribution in [0.15, 0.2) is 72.8 Å². The molecule has 0 aliphatic carbocycles. The van der Waals surface area contributed by atoms with Gasteiger partial charge in [0.2, 0.25) is 5.91 Å². The standard InChI is InChI=1S/C22H21NO3/c1-22(21(25)26,19-14-8-12-17-11-6-7-13-18(17)19)23(2)20(24)15-16-9-4-3-5-10-16/h3-14H,15H2,1-2H3,(H,25,26)/t22-/m1/s1. The van der Waals surface area contributed by atoms with Gasteiger partial charge in [-0.25, -0.2) is 4.79 Å². The van der Waals surface area contributed by atoms with Gasteiger partial charge in [-0.05, 0) is 28.8 Å². The predicted molar refractivity (Wildman–Crippen MR) is 102 cm³/mol. The van der Waals surface area contributed by atoms with Gasteiger partial charge in [0, 0.05) is 7.05 Å². The molecule has 4 heteroatoms. The van der Waals surface area contributed by atoms with Gasteiger partial charge in [-0.2, -0.15) is 0 Å². The highest BCUT2D eigenvalue weighted by molar-refractivity contribution is 5.95. The maximum Gasteiger partial charge on any atom is 0.334 e. The van der Waals surface area contributed by atoms with Crippen molar-refractivity contribution in [2.45, 2.75) is 18.9 Å². The summed E-state index contributed by atoms with van der Waals surface area (Å²) in [6, 6.07) is 22.5. The molecular weight excluding hydrogens is 326 g/mol. The van der Waals surface area contributed by atoms with E-state index >= 15 is 0 Å². The molecule has 3 aromatic carbocycles. The Labute approximate surface area is 152 Å². The first-order valence-corrected chi connectivity index (χ1v) is 8.47. The Hall–Kier alpha value is -3.14. The Balaban J connectivity index is 2.04. The number of likely N-dealkylation sites (N-methyl/N-ethyl adjacent to an activating group) is 1. The highest BCUT2D eigenvalue weighted by atomic mass is 16.4. The van der Waals surface area contributed by atoms with E-state index in [0.29, 0.717) is 5.56 Å². The Morgan fingerprint density at radius 1 is 0.923 bits per heavy atom. The molecule has 0 aliphatic heterocycles. The van der Waals surface area contributed by atoms with Gasteiger partial charge < -0.3 is 10.0 Å². The van der Waals surface area contributed by atoms with Crippen molar-refractivity contribution in [1.29, 1.82) is 0 Å². The average molecular weight is 347 g/mol. The first-order chi connectivity index (χ1) is 12.4. The van der Waals surface area contributed by atoms with Crippen molar-refractivity contribution in [1.82, 2.24) is 4.90 Å². The molecule has 26 heavy (non-hydrogen) atoms. The maximum atomic E-state index is 12.8. The first kappa shape index (κ1) is 17.7. The smallest absolute Gasteiger partial charge is 0.334 e. The number of nitrogens with zero attached hydrogens (tertiary/aromatic N) is 1. The van der Waals surface area contributed by atoms with Crippen LogP contribution in [0.3, 0.4) is 0 Å².